The Labute approximate surface area is 193 Å². The molecule has 32 heavy (non-hydrogen) atoms. The number of aliphatic hydroxyl groups excluding tert-OH is 1. The van der Waals surface area contributed by atoms with Crippen molar-refractivity contribution in [1.29, 1.82) is 0 Å². The molecule has 0 saturated carbocycles. The Bertz CT molecular complexity index is 609. The molecule has 11 nitrogen and oxygen atoms in total. The first-order valence-corrected chi connectivity index (χ1v) is 12.2. The number of hydrogen-bond donors (Lipinski definition) is 7. The van der Waals surface area contributed by atoms with E-state index in [9.17, 15) is 29.4 Å². The molecule has 0 aliphatic carbocycles. The van der Waals surface area contributed by atoms with Gasteiger partial charge >= 0.3 is 5.97 Å². The van der Waals surface area contributed by atoms with Crippen molar-refractivity contribution in [2.75, 3.05) is 25.2 Å². The number of carbonyl (C=O) groups is 4. The topological polar surface area (TPSA) is 197 Å². The van der Waals surface area contributed by atoms with Gasteiger partial charge in [0.25, 0.3) is 0 Å². The van der Waals surface area contributed by atoms with Gasteiger partial charge in [-0.25, -0.2) is 4.79 Å². The second-order valence-corrected chi connectivity index (χ2v) is 8.67. The Balaban J connectivity index is 5.18. The van der Waals surface area contributed by atoms with Crippen LogP contribution in [0.25, 0.3) is 0 Å². The van der Waals surface area contributed by atoms with Gasteiger partial charge < -0.3 is 37.6 Å². The lowest BCUT2D eigenvalue weighted by atomic mass is 9.97. The Morgan fingerprint density at radius 2 is 1.59 bits per heavy atom. The second kappa shape index (κ2) is 16.7. The number of carboxylic acids is 1. The molecule has 12 heteroatoms. The zero-order chi connectivity index (χ0) is 24.7. The molecular weight excluding hydrogens is 438 g/mol. The number of aliphatic carboxylic acids is 1. The van der Waals surface area contributed by atoms with Crippen molar-refractivity contribution in [1.82, 2.24) is 16.0 Å². The summed E-state index contributed by atoms with van der Waals surface area (Å²) in [6, 6.07) is -4.27. The summed E-state index contributed by atoms with van der Waals surface area (Å²) < 4.78 is 0. The highest BCUT2D eigenvalue weighted by molar-refractivity contribution is 7.98. The van der Waals surface area contributed by atoms with Crippen LogP contribution in [0.4, 0.5) is 0 Å². The van der Waals surface area contributed by atoms with E-state index in [1.54, 1.807) is 6.92 Å². The molecule has 5 atom stereocenters. The summed E-state index contributed by atoms with van der Waals surface area (Å²) in [4.78, 5) is 49.1. The SMILES string of the molecule is CCC(C)C(NC(=O)C(CO)NC(=O)C(N)CCCCN)C(=O)NC(CCSC)C(=O)O. The van der Waals surface area contributed by atoms with Crippen molar-refractivity contribution in [2.24, 2.45) is 17.4 Å². The summed E-state index contributed by atoms with van der Waals surface area (Å²) in [6.45, 7) is 3.36. The van der Waals surface area contributed by atoms with E-state index in [-0.39, 0.29) is 12.3 Å². The predicted octanol–water partition coefficient (Wildman–Crippen LogP) is -1.23. The van der Waals surface area contributed by atoms with Gasteiger partial charge in [-0.15, -0.1) is 0 Å². The number of carboxylic acid groups (broad SMARTS) is 1. The lowest BCUT2D eigenvalue weighted by molar-refractivity contribution is -0.142. The maximum atomic E-state index is 12.8. The molecular formula is C20H39N5O6S. The number of carbonyl (C=O) groups excluding carboxylic acids is 3. The summed E-state index contributed by atoms with van der Waals surface area (Å²) in [5.74, 6) is -2.92. The number of thioether (sulfide) groups is 1. The number of hydrogen-bond acceptors (Lipinski definition) is 8. The van der Waals surface area contributed by atoms with Crippen LogP contribution in [-0.4, -0.2) is 83.2 Å². The van der Waals surface area contributed by atoms with Gasteiger partial charge in [0.1, 0.15) is 18.1 Å². The first kappa shape index (κ1) is 30.1. The number of rotatable bonds is 17. The van der Waals surface area contributed by atoms with Crippen molar-refractivity contribution in [3.8, 4) is 0 Å². The van der Waals surface area contributed by atoms with Gasteiger partial charge in [0.2, 0.25) is 17.7 Å². The van der Waals surface area contributed by atoms with E-state index in [2.05, 4.69) is 16.0 Å². The molecule has 0 aliphatic heterocycles. The highest BCUT2D eigenvalue weighted by atomic mass is 32.2. The fourth-order valence-corrected chi connectivity index (χ4v) is 3.29. The summed E-state index contributed by atoms with van der Waals surface area (Å²) in [6.07, 6.45) is 4.34. The average Bonchev–Trinajstić information content (AvgIpc) is 2.77. The largest absolute Gasteiger partial charge is 0.480 e. The molecule has 0 aromatic rings. The molecule has 0 radical (unpaired) electrons. The van der Waals surface area contributed by atoms with Gasteiger partial charge in [0.15, 0.2) is 0 Å². The molecule has 5 unspecified atom stereocenters. The zero-order valence-electron chi connectivity index (χ0n) is 19.1. The fraction of sp³-hybridized carbons (Fsp3) is 0.800. The normalized spacial score (nSPS) is 15.7. The molecule has 0 spiro atoms. The monoisotopic (exact) mass is 477 g/mol. The van der Waals surface area contributed by atoms with E-state index < -0.39 is 54.5 Å². The maximum absolute atomic E-state index is 12.8. The van der Waals surface area contributed by atoms with Gasteiger partial charge in [-0.05, 0) is 43.7 Å². The van der Waals surface area contributed by atoms with Crippen LogP contribution in [0.5, 0.6) is 0 Å². The van der Waals surface area contributed by atoms with E-state index in [4.69, 9.17) is 11.5 Å². The lowest BCUT2D eigenvalue weighted by Gasteiger charge is -2.27. The second-order valence-electron chi connectivity index (χ2n) is 7.69. The molecule has 186 valence electrons. The third kappa shape index (κ3) is 11.1. The number of nitrogens with two attached hydrogens (primary N) is 2. The quantitative estimate of drug-likeness (QED) is 0.125. The Morgan fingerprint density at radius 3 is 2.09 bits per heavy atom. The van der Waals surface area contributed by atoms with Gasteiger partial charge in [-0.2, -0.15) is 11.8 Å². The standard InChI is InChI=1S/C20H39N5O6S/c1-4-12(2)16(19(29)23-14(20(30)31)8-10-32-3)25-18(28)15(11-26)24-17(27)13(22)7-5-6-9-21/h12-16,26H,4-11,21-22H2,1-3H3,(H,23,29)(H,24,27)(H,25,28)(H,30,31). The van der Waals surface area contributed by atoms with Crippen LogP contribution in [0.2, 0.25) is 0 Å². The lowest BCUT2D eigenvalue weighted by Crippen LogP contribution is -2.59. The summed E-state index contributed by atoms with van der Waals surface area (Å²) in [5.41, 5.74) is 11.2. The van der Waals surface area contributed by atoms with E-state index in [0.29, 0.717) is 38.0 Å². The first-order chi connectivity index (χ1) is 15.1. The van der Waals surface area contributed by atoms with Crippen LogP contribution in [0.1, 0.15) is 46.0 Å². The molecule has 0 aromatic carbocycles. The molecule has 0 bridgehead atoms. The maximum Gasteiger partial charge on any atom is 0.326 e. The Morgan fingerprint density at radius 1 is 0.969 bits per heavy atom. The summed E-state index contributed by atoms with van der Waals surface area (Å²) >= 11 is 1.46. The molecule has 0 rings (SSSR count). The fourth-order valence-electron chi connectivity index (χ4n) is 2.82. The van der Waals surface area contributed by atoms with Gasteiger partial charge in [0, 0.05) is 0 Å². The van der Waals surface area contributed by atoms with E-state index in [1.807, 2.05) is 13.2 Å². The predicted molar refractivity (Wildman–Crippen MR) is 124 cm³/mol. The number of unbranched alkanes of at least 4 members (excludes halogenated alkanes) is 1. The van der Waals surface area contributed by atoms with Crippen LogP contribution < -0.4 is 27.4 Å². The van der Waals surface area contributed by atoms with Gasteiger partial charge in [-0.1, -0.05) is 26.7 Å². The van der Waals surface area contributed by atoms with Crippen molar-refractivity contribution >= 4 is 35.5 Å². The minimum absolute atomic E-state index is 0.237. The summed E-state index contributed by atoms with van der Waals surface area (Å²) in [7, 11) is 0. The third-order valence-electron chi connectivity index (χ3n) is 5.14. The molecule has 0 aromatic heterocycles. The minimum Gasteiger partial charge on any atom is -0.480 e. The molecule has 0 aliphatic rings. The van der Waals surface area contributed by atoms with E-state index >= 15 is 0 Å². The Hall–Kier alpha value is -1.89. The molecule has 0 heterocycles. The number of aliphatic hydroxyl groups is 1. The molecule has 0 saturated heterocycles. The third-order valence-corrected chi connectivity index (χ3v) is 5.78. The Kier molecular flexibility index (Phi) is 15.7. The van der Waals surface area contributed by atoms with Crippen LogP contribution in [-0.2, 0) is 19.2 Å². The summed E-state index contributed by atoms with van der Waals surface area (Å²) in [5, 5.41) is 26.3. The highest BCUT2D eigenvalue weighted by Crippen LogP contribution is 2.10. The molecule has 9 N–H and O–H groups in total. The molecule has 3 amide bonds. The number of nitrogens with one attached hydrogen (secondary N) is 3. The van der Waals surface area contributed by atoms with Gasteiger partial charge in [0.05, 0.1) is 12.6 Å². The van der Waals surface area contributed by atoms with Crippen LogP contribution in [0.15, 0.2) is 0 Å². The van der Waals surface area contributed by atoms with Crippen LogP contribution in [0, 0.1) is 5.92 Å². The highest BCUT2D eigenvalue weighted by Gasteiger charge is 2.32. The first-order valence-electron chi connectivity index (χ1n) is 10.8. The minimum atomic E-state index is -1.30. The van der Waals surface area contributed by atoms with Crippen molar-refractivity contribution in [3.63, 3.8) is 0 Å². The van der Waals surface area contributed by atoms with E-state index in [0.717, 1.165) is 0 Å². The average molecular weight is 478 g/mol. The van der Waals surface area contributed by atoms with Crippen molar-refractivity contribution < 1.29 is 29.4 Å². The zero-order valence-corrected chi connectivity index (χ0v) is 20.0. The molecule has 0 fully saturated rings. The van der Waals surface area contributed by atoms with E-state index in [1.165, 1.54) is 11.8 Å². The van der Waals surface area contributed by atoms with Crippen molar-refractivity contribution in [3.05, 3.63) is 0 Å². The van der Waals surface area contributed by atoms with Crippen LogP contribution >= 0.6 is 11.8 Å². The smallest absolute Gasteiger partial charge is 0.326 e. The van der Waals surface area contributed by atoms with Crippen LogP contribution in [0.3, 0.4) is 0 Å². The number of amides is 3. The van der Waals surface area contributed by atoms with Gasteiger partial charge in [-0.3, -0.25) is 14.4 Å². The van der Waals surface area contributed by atoms with Crippen molar-refractivity contribution in [2.45, 2.75) is 70.1 Å².